The third-order valence-corrected chi connectivity index (χ3v) is 4.43. The molecule has 0 unspecified atom stereocenters. The molecule has 1 N–H and O–H groups in total. The van der Waals surface area contributed by atoms with Crippen molar-refractivity contribution in [3.8, 4) is 23.0 Å². The second-order valence-electron chi connectivity index (χ2n) is 6.53. The lowest BCUT2D eigenvalue weighted by Crippen LogP contribution is -2.23. The van der Waals surface area contributed by atoms with Gasteiger partial charge in [-0.15, -0.1) is 0 Å². The summed E-state index contributed by atoms with van der Waals surface area (Å²) >= 11 is 0. The molecule has 0 aliphatic carbocycles. The minimum Gasteiger partial charge on any atom is -0.497 e. The molecule has 0 atom stereocenters. The number of carbonyl (C=O) groups is 1. The summed E-state index contributed by atoms with van der Waals surface area (Å²) in [6.45, 7) is 0.416. The van der Waals surface area contributed by atoms with Gasteiger partial charge in [0, 0.05) is 18.8 Å². The second kappa shape index (κ2) is 10.8. The third kappa shape index (κ3) is 6.30. The molecule has 0 fully saturated rings. The zero-order valence-corrected chi connectivity index (χ0v) is 17.3. The van der Waals surface area contributed by atoms with Gasteiger partial charge in [-0.3, -0.25) is 9.78 Å². The number of methoxy groups -OCH3 is 2. The molecule has 1 amide bonds. The summed E-state index contributed by atoms with van der Waals surface area (Å²) in [4.78, 5) is 16.0. The zero-order valence-electron chi connectivity index (χ0n) is 17.3. The van der Waals surface area contributed by atoms with Gasteiger partial charge in [0.25, 0.3) is 0 Å². The van der Waals surface area contributed by atoms with Gasteiger partial charge in [0.2, 0.25) is 5.91 Å². The average Bonchev–Trinajstić information content (AvgIpc) is 2.80. The lowest BCUT2D eigenvalue weighted by molar-refractivity contribution is -0.116. The third-order valence-electron chi connectivity index (χ3n) is 4.43. The maximum atomic E-state index is 14.3. The van der Waals surface area contributed by atoms with E-state index < -0.39 is 5.82 Å². The van der Waals surface area contributed by atoms with Gasteiger partial charge < -0.3 is 19.5 Å². The van der Waals surface area contributed by atoms with E-state index in [0.717, 1.165) is 17.1 Å². The van der Waals surface area contributed by atoms with Crippen LogP contribution in [0.25, 0.3) is 6.08 Å². The quantitative estimate of drug-likeness (QED) is 0.518. The Kier molecular flexibility index (Phi) is 7.59. The van der Waals surface area contributed by atoms with E-state index in [9.17, 15) is 9.18 Å². The van der Waals surface area contributed by atoms with E-state index >= 15 is 0 Å². The smallest absolute Gasteiger partial charge is 0.244 e. The molecule has 6 nitrogen and oxygen atoms in total. The monoisotopic (exact) mass is 422 g/mol. The fourth-order valence-corrected chi connectivity index (χ4v) is 2.87. The number of hydrogen-bond donors (Lipinski definition) is 1. The summed E-state index contributed by atoms with van der Waals surface area (Å²) in [5.74, 6) is 1.17. The maximum absolute atomic E-state index is 14.3. The normalized spacial score (nSPS) is 10.7. The molecule has 7 heteroatoms. The maximum Gasteiger partial charge on any atom is 0.244 e. The van der Waals surface area contributed by atoms with Crippen molar-refractivity contribution in [1.29, 1.82) is 0 Å². The van der Waals surface area contributed by atoms with Gasteiger partial charge in [-0.05, 0) is 66.1 Å². The van der Waals surface area contributed by atoms with E-state index in [1.54, 1.807) is 44.7 Å². The van der Waals surface area contributed by atoms with Gasteiger partial charge in [-0.2, -0.15) is 0 Å². The molecule has 0 aliphatic heterocycles. The number of aromatic nitrogens is 1. The van der Waals surface area contributed by atoms with Crippen LogP contribution in [-0.2, 0) is 11.2 Å². The Morgan fingerprint density at radius 3 is 2.61 bits per heavy atom. The van der Waals surface area contributed by atoms with Crippen LogP contribution in [0.15, 0.2) is 67.0 Å². The van der Waals surface area contributed by atoms with E-state index in [4.69, 9.17) is 14.2 Å². The highest BCUT2D eigenvalue weighted by Gasteiger charge is 2.07. The van der Waals surface area contributed by atoms with E-state index in [1.165, 1.54) is 24.4 Å². The molecule has 1 aromatic heterocycles. The van der Waals surface area contributed by atoms with Gasteiger partial charge >= 0.3 is 0 Å². The average molecular weight is 422 g/mol. The van der Waals surface area contributed by atoms with E-state index in [1.807, 2.05) is 18.2 Å². The number of ether oxygens (including phenoxy) is 3. The van der Waals surface area contributed by atoms with Crippen LogP contribution in [0.2, 0.25) is 0 Å². The number of halogens is 1. The van der Waals surface area contributed by atoms with Gasteiger partial charge in [0.15, 0.2) is 11.6 Å². The number of benzene rings is 2. The molecule has 0 aliphatic rings. The van der Waals surface area contributed by atoms with Crippen molar-refractivity contribution >= 4 is 12.0 Å². The largest absolute Gasteiger partial charge is 0.497 e. The highest BCUT2D eigenvalue weighted by atomic mass is 19.1. The Hall–Kier alpha value is -3.87. The standard InChI is InChI=1S/C24H23FN2O4/c1-29-19-7-9-22(30-2)18(15-19)11-13-27-24(28)10-6-17-5-8-23(21(25)14-17)31-20-4-3-12-26-16-20/h3-10,12,14-16H,11,13H2,1-2H3,(H,27,28)/b10-6+. The van der Waals surface area contributed by atoms with Crippen LogP contribution in [0.3, 0.4) is 0 Å². The SMILES string of the molecule is COc1ccc(OC)c(CCNC(=O)/C=C/c2ccc(Oc3cccnc3)c(F)c2)c1. The van der Waals surface area contributed by atoms with Crippen molar-refractivity contribution in [2.24, 2.45) is 0 Å². The highest BCUT2D eigenvalue weighted by molar-refractivity contribution is 5.91. The Bertz CT molecular complexity index is 1050. The van der Waals surface area contributed by atoms with Crippen LogP contribution in [0.1, 0.15) is 11.1 Å². The van der Waals surface area contributed by atoms with Crippen LogP contribution >= 0.6 is 0 Å². The summed E-state index contributed by atoms with van der Waals surface area (Å²) in [6.07, 6.45) is 6.58. The number of amides is 1. The molecule has 160 valence electrons. The van der Waals surface area contributed by atoms with Crippen molar-refractivity contribution in [2.75, 3.05) is 20.8 Å². The van der Waals surface area contributed by atoms with Gasteiger partial charge in [0.1, 0.15) is 17.2 Å². The van der Waals surface area contributed by atoms with Gasteiger partial charge in [-0.25, -0.2) is 4.39 Å². The van der Waals surface area contributed by atoms with Crippen molar-refractivity contribution in [1.82, 2.24) is 10.3 Å². The molecule has 31 heavy (non-hydrogen) atoms. The van der Waals surface area contributed by atoms with Crippen LogP contribution in [-0.4, -0.2) is 31.7 Å². The molecule has 0 radical (unpaired) electrons. The van der Waals surface area contributed by atoms with Crippen molar-refractivity contribution in [3.05, 3.63) is 83.9 Å². The predicted octanol–water partition coefficient (Wildman–Crippen LogP) is 4.40. The Morgan fingerprint density at radius 1 is 1.06 bits per heavy atom. The first-order valence-electron chi connectivity index (χ1n) is 9.63. The summed E-state index contributed by atoms with van der Waals surface area (Å²) < 4.78 is 30.3. The Balaban J connectivity index is 1.54. The number of carbonyl (C=O) groups excluding carboxylic acids is 1. The van der Waals surface area contributed by atoms with E-state index in [-0.39, 0.29) is 11.7 Å². The lowest BCUT2D eigenvalue weighted by Gasteiger charge is -2.10. The molecule has 0 bridgehead atoms. The van der Waals surface area contributed by atoms with Crippen LogP contribution < -0.4 is 19.5 Å². The number of pyridine rings is 1. The first-order chi connectivity index (χ1) is 15.1. The number of nitrogens with zero attached hydrogens (tertiary/aromatic N) is 1. The van der Waals surface area contributed by atoms with Crippen LogP contribution in [0, 0.1) is 5.82 Å². The number of hydrogen-bond acceptors (Lipinski definition) is 5. The Labute approximate surface area is 180 Å². The van der Waals surface area contributed by atoms with Crippen molar-refractivity contribution in [2.45, 2.75) is 6.42 Å². The van der Waals surface area contributed by atoms with Gasteiger partial charge in [-0.1, -0.05) is 6.07 Å². The number of rotatable bonds is 9. The minimum absolute atomic E-state index is 0.0850. The van der Waals surface area contributed by atoms with Crippen LogP contribution in [0.5, 0.6) is 23.0 Å². The molecular formula is C24H23FN2O4. The first-order valence-corrected chi connectivity index (χ1v) is 9.63. The zero-order chi connectivity index (χ0) is 22.1. The number of nitrogens with one attached hydrogen (secondary N) is 1. The predicted molar refractivity (Wildman–Crippen MR) is 116 cm³/mol. The second-order valence-corrected chi connectivity index (χ2v) is 6.53. The topological polar surface area (TPSA) is 69.7 Å². The lowest BCUT2D eigenvalue weighted by atomic mass is 10.1. The van der Waals surface area contributed by atoms with Crippen LogP contribution in [0.4, 0.5) is 4.39 Å². The molecule has 3 rings (SSSR count). The van der Waals surface area contributed by atoms with E-state index in [0.29, 0.717) is 24.3 Å². The fraction of sp³-hybridized carbons (Fsp3) is 0.167. The molecule has 0 spiro atoms. The molecule has 2 aromatic carbocycles. The molecular weight excluding hydrogens is 399 g/mol. The van der Waals surface area contributed by atoms with E-state index in [2.05, 4.69) is 10.3 Å². The molecule has 1 heterocycles. The summed E-state index contributed by atoms with van der Waals surface area (Å²) in [5.41, 5.74) is 1.47. The van der Waals surface area contributed by atoms with Crippen molar-refractivity contribution in [3.63, 3.8) is 0 Å². The molecule has 3 aromatic rings. The van der Waals surface area contributed by atoms with Crippen molar-refractivity contribution < 1.29 is 23.4 Å². The molecule has 0 saturated heterocycles. The Morgan fingerprint density at radius 2 is 1.90 bits per heavy atom. The summed E-state index contributed by atoms with van der Waals surface area (Å²) in [5, 5.41) is 2.80. The molecule has 0 saturated carbocycles. The first kappa shape index (κ1) is 21.8. The minimum atomic E-state index is -0.531. The summed E-state index contributed by atoms with van der Waals surface area (Å²) in [7, 11) is 3.19. The fourth-order valence-electron chi connectivity index (χ4n) is 2.87. The summed E-state index contributed by atoms with van der Waals surface area (Å²) in [6, 6.07) is 13.4. The van der Waals surface area contributed by atoms with Gasteiger partial charge in [0.05, 0.1) is 20.4 Å². The highest BCUT2D eigenvalue weighted by Crippen LogP contribution is 2.25.